The second-order valence-electron chi connectivity index (χ2n) is 7.26. The van der Waals surface area contributed by atoms with Crippen LogP contribution in [0.4, 0.5) is 4.79 Å². The Morgan fingerprint density at radius 3 is 2.54 bits per heavy atom. The van der Waals surface area contributed by atoms with E-state index in [0.29, 0.717) is 23.0 Å². The first-order chi connectivity index (χ1) is 12.4. The third kappa shape index (κ3) is 3.85. The van der Waals surface area contributed by atoms with Gasteiger partial charge < -0.3 is 10.6 Å². The lowest BCUT2D eigenvalue weighted by Gasteiger charge is -2.23. The predicted octanol–water partition coefficient (Wildman–Crippen LogP) is 2.80. The summed E-state index contributed by atoms with van der Waals surface area (Å²) in [4.78, 5) is 38.3. The van der Waals surface area contributed by atoms with Gasteiger partial charge in [-0.3, -0.25) is 14.5 Å². The molecule has 7 heteroatoms. The minimum atomic E-state index is -1.19. The molecule has 0 radical (unpaired) electrons. The van der Waals surface area contributed by atoms with Gasteiger partial charge >= 0.3 is 6.03 Å². The van der Waals surface area contributed by atoms with E-state index in [9.17, 15) is 14.4 Å². The molecule has 0 bridgehead atoms. The molecule has 0 spiro atoms. The van der Waals surface area contributed by atoms with Crippen molar-refractivity contribution in [3.63, 3.8) is 0 Å². The number of benzene rings is 1. The summed E-state index contributed by atoms with van der Waals surface area (Å²) in [7, 11) is 0. The van der Waals surface area contributed by atoms with Gasteiger partial charge in [0, 0.05) is 11.6 Å². The van der Waals surface area contributed by atoms with E-state index in [-0.39, 0.29) is 12.5 Å². The van der Waals surface area contributed by atoms with Crippen LogP contribution in [-0.4, -0.2) is 35.8 Å². The Balaban J connectivity index is 1.61. The van der Waals surface area contributed by atoms with E-state index in [1.807, 2.05) is 0 Å². The summed E-state index contributed by atoms with van der Waals surface area (Å²) in [5.41, 5.74) is -0.559. The fraction of sp³-hybridized carbons (Fsp3) is 0.526. The minimum absolute atomic E-state index is 0.263. The second kappa shape index (κ2) is 7.66. The van der Waals surface area contributed by atoms with Gasteiger partial charge in [-0.25, -0.2) is 4.79 Å². The topological polar surface area (TPSA) is 78.5 Å². The Morgan fingerprint density at radius 2 is 1.88 bits per heavy atom. The first kappa shape index (κ1) is 18.7. The van der Waals surface area contributed by atoms with Crippen LogP contribution in [0.1, 0.15) is 44.6 Å². The van der Waals surface area contributed by atoms with Crippen LogP contribution < -0.4 is 10.6 Å². The van der Waals surface area contributed by atoms with E-state index in [0.717, 1.165) is 17.7 Å². The molecular formula is C19H24ClN3O3. The average molecular weight is 378 g/mol. The van der Waals surface area contributed by atoms with Gasteiger partial charge in [-0.1, -0.05) is 43.0 Å². The van der Waals surface area contributed by atoms with E-state index in [2.05, 4.69) is 10.6 Å². The first-order valence-corrected chi connectivity index (χ1v) is 9.45. The molecule has 3 rings (SSSR count). The van der Waals surface area contributed by atoms with Gasteiger partial charge in [0.05, 0.1) is 0 Å². The number of imide groups is 1. The fourth-order valence-corrected chi connectivity index (χ4v) is 3.79. The van der Waals surface area contributed by atoms with Crippen molar-refractivity contribution in [3.05, 3.63) is 34.9 Å². The molecule has 1 aromatic rings. The molecule has 6 nitrogen and oxygen atoms in total. The Morgan fingerprint density at radius 1 is 1.23 bits per heavy atom. The largest absolute Gasteiger partial charge is 0.354 e. The lowest BCUT2D eigenvalue weighted by molar-refractivity contribution is -0.134. The number of hydrogen-bond donors (Lipinski definition) is 2. The van der Waals surface area contributed by atoms with Crippen LogP contribution >= 0.6 is 11.6 Å². The van der Waals surface area contributed by atoms with Crippen molar-refractivity contribution < 1.29 is 14.4 Å². The highest BCUT2D eigenvalue weighted by atomic mass is 35.5. The molecule has 1 saturated carbocycles. The molecular weight excluding hydrogens is 354 g/mol. The van der Waals surface area contributed by atoms with Crippen molar-refractivity contribution in [1.29, 1.82) is 0 Å². The van der Waals surface area contributed by atoms with Crippen molar-refractivity contribution in [1.82, 2.24) is 15.5 Å². The van der Waals surface area contributed by atoms with Crippen LogP contribution in [0.2, 0.25) is 5.02 Å². The lowest BCUT2D eigenvalue weighted by atomic mass is 9.89. The van der Waals surface area contributed by atoms with Crippen molar-refractivity contribution in [2.75, 3.05) is 13.1 Å². The summed E-state index contributed by atoms with van der Waals surface area (Å²) in [6.45, 7) is 1.98. The molecule has 2 N–H and O–H groups in total. The Kier molecular flexibility index (Phi) is 5.51. The molecule has 2 fully saturated rings. The molecule has 0 aromatic heterocycles. The van der Waals surface area contributed by atoms with E-state index < -0.39 is 17.5 Å². The maximum absolute atomic E-state index is 12.8. The maximum Gasteiger partial charge on any atom is 0.325 e. The summed E-state index contributed by atoms with van der Waals surface area (Å²) in [6.07, 6.45) is 5.91. The summed E-state index contributed by atoms with van der Waals surface area (Å²) in [5, 5.41) is 6.10. The van der Waals surface area contributed by atoms with Crippen molar-refractivity contribution >= 4 is 29.4 Å². The monoisotopic (exact) mass is 377 g/mol. The number of nitrogens with zero attached hydrogens (tertiary/aromatic N) is 1. The van der Waals surface area contributed by atoms with Gasteiger partial charge in [-0.2, -0.15) is 0 Å². The number of carbonyl (C=O) groups excluding carboxylic acids is 3. The van der Waals surface area contributed by atoms with Crippen LogP contribution in [-0.2, 0) is 15.1 Å². The normalized spacial score (nSPS) is 23.8. The van der Waals surface area contributed by atoms with Crippen molar-refractivity contribution in [2.24, 2.45) is 5.92 Å². The van der Waals surface area contributed by atoms with Crippen molar-refractivity contribution in [3.8, 4) is 0 Å². The Labute approximate surface area is 158 Å². The SMILES string of the molecule is CC1(c2ccc(Cl)cc2)NC(=O)N(CC(=O)NCC2CCCCC2)C1=O. The van der Waals surface area contributed by atoms with Crippen LogP contribution in [0.15, 0.2) is 24.3 Å². The van der Waals surface area contributed by atoms with Gasteiger partial charge in [0.15, 0.2) is 0 Å². The number of amides is 4. The number of urea groups is 1. The highest BCUT2D eigenvalue weighted by Gasteiger charge is 2.49. The van der Waals surface area contributed by atoms with E-state index in [1.54, 1.807) is 31.2 Å². The lowest BCUT2D eigenvalue weighted by Crippen LogP contribution is -2.44. The molecule has 2 aliphatic rings. The zero-order valence-electron chi connectivity index (χ0n) is 14.9. The van der Waals surface area contributed by atoms with Crippen LogP contribution in [0.25, 0.3) is 0 Å². The number of halogens is 1. The molecule has 1 unspecified atom stereocenters. The molecule has 4 amide bonds. The van der Waals surface area contributed by atoms with Crippen LogP contribution in [0, 0.1) is 5.92 Å². The quantitative estimate of drug-likeness (QED) is 0.774. The number of hydrogen-bond acceptors (Lipinski definition) is 3. The standard InChI is InChI=1S/C19H24ClN3O3/c1-19(14-7-9-15(20)10-8-14)17(25)23(18(26)22-19)12-16(24)21-11-13-5-3-2-4-6-13/h7-10,13H,2-6,11-12H2,1H3,(H,21,24)(H,22,26). The highest BCUT2D eigenvalue weighted by molar-refractivity contribution is 6.30. The van der Waals surface area contributed by atoms with Crippen LogP contribution in [0.5, 0.6) is 0 Å². The predicted molar refractivity (Wildman–Crippen MR) is 98.6 cm³/mol. The van der Waals surface area contributed by atoms with Crippen LogP contribution in [0.3, 0.4) is 0 Å². The van der Waals surface area contributed by atoms with Gasteiger partial charge in [0.2, 0.25) is 5.91 Å². The van der Waals surface area contributed by atoms with Gasteiger partial charge in [-0.05, 0) is 43.4 Å². The van der Waals surface area contributed by atoms with E-state index >= 15 is 0 Å². The average Bonchev–Trinajstić information content (AvgIpc) is 2.85. The molecule has 1 saturated heterocycles. The summed E-state index contributed by atoms with van der Waals surface area (Å²) >= 11 is 5.89. The Hall–Kier alpha value is -2.08. The third-order valence-corrected chi connectivity index (χ3v) is 5.56. The summed E-state index contributed by atoms with van der Waals surface area (Å²) < 4.78 is 0. The zero-order chi connectivity index (χ0) is 18.7. The molecule has 1 aliphatic heterocycles. The summed E-state index contributed by atoms with van der Waals surface area (Å²) in [5.74, 6) is -0.243. The fourth-order valence-electron chi connectivity index (χ4n) is 3.67. The maximum atomic E-state index is 12.8. The molecule has 140 valence electrons. The zero-order valence-corrected chi connectivity index (χ0v) is 15.6. The Bertz CT molecular complexity index is 700. The minimum Gasteiger partial charge on any atom is -0.354 e. The number of carbonyl (C=O) groups is 3. The molecule has 1 atom stereocenters. The number of rotatable bonds is 5. The van der Waals surface area contributed by atoms with Gasteiger partial charge in [0.1, 0.15) is 12.1 Å². The highest BCUT2D eigenvalue weighted by Crippen LogP contribution is 2.29. The van der Waals surface area contributed by atoms with E-state index in [1.165, 1.54) is 19.3 Å². The first-order valence-electron chi connectivity index (χ1n) is 9.07. The van der Waals surface area contributed by atoms with Gasteiger partial charge in [-0.15, -0.1) is 0 Å². The van der Waals surface area contributed by atoms with Crippen molar-refractivity contribution in [2.45, 2.75) is 44.6 Å². The number of nitrogens with one attached hydrogen (secondary N) is 2. The van der Waals surface area contributed by atoms with Gasteiger partial charge in [0.25, 0.3) is 5.91 Å². The smallest absolute Gasteiger partial charge is 0.325 e. The summed E-state index contributed by atoms with van der Waals surface area (Å²) in [6, 6.07) is 6.18. The third-order valence-electron chi connectivity index (χ3n) is 5.31. The molecule has 26 heavy (non-hydrogen) atoms. The molecule has 1 aromatic carbocycles. The second-order valence-corrected chi connectivity index (χ2v) is 7.70. The van der Waals surface area contributed by atoms with E-state index in [4.69, 9.17) is 11.6 Å². The molecule has 1 heterocycles. The molecule has 1 aliphatic carbocycles.